The van der Waals surface area contributed by atoms with Crippen LogP contribution in [0.5, 0.6) is 0 Å². The smallest absolute Gasteiger partial charge is 0.227 e. The summed E-state index contributed by atoms with van der Waals surface area (Å²) >= 11 is 0. The number of carbonyl (C=O) groups excluding carboxylic acids is 1. The summed E-state index contributed by atoms with van der Waals surface area (Å²) < 4.78 is 11.3. The molecule has 1 saturated carbocycles. The average molecular weight is 479 g/mol. The predicted molar refractivity (Wildman–Crippen MR) is 143 cm³/mol. The first kappa shape index (κ1) is 27.0. The molecular weight excluding hydrogens is 444 g/mol. The third-order valence-electron chi connectivity index (χ3n) is 4.80. The first-order valence-corrected chi connectivity index (χ1v) is 12.9. The van der Waals surface area contributed by atoms with Gasteiger partial charge in [-0.25, -0.2) is 9.35 Å². The topological polar surface area (TPSA) is 101 Å². The van der Waals surface area contributed by atoms with Crippen LogP contribution in [0.4, 0.5) is 5.69 Å². The summed E-state index contributed by atoms with van der Waals surface area (Å²) in [7, 11) is -1.47. The number of para-hydroxylation sites is 2. The van der Waals surface area contributed by atoms with Crippen LogP contribution in [0, 0.1) is 5.92 Å². The van der Waals surface area contributed by atoms with Gasteiger partial charge < -0.3 is 5.32 Å². The lowest BCUT2D eigenvalue weighted by Crippen LogP contribution is -2.12. The van der Waals surface area contributed by atoms with E-state index in [1.807, 2.05) is 94.4 Å². The van der Waals surface area contributed by atoms with Crippen LogP contribution < -0.4 is 10.5 Å². The molecule has 4 aromatic rings. The molecule has 1 heterocycles. The lowest BCUT2D eigenvalue weighted by molar-refractivity contribution is -0.117. The van der Waals surface area contributed by atoms with E-state index in [0.29, 0.717) is 4.90 Å². The number of aromatic nitrogens is 2. The van der Waals surface area contributed by atoms with Gasteiger partial charge in [0, 0.05) is 22.6 Å². The van der Waals surface area contributed by atoms with Crippen LogP contribution in [-0.4, -0.2) is 20.3 Å². The highest BCUT2D eigenvalue weighted by Crippen LogP contribution is 2.30. The SMILES string of the molecule is CC.CC.NS(=O)c1cccc(-c2n[nH]c3ccccc23)c1.O=C(Nc1ccccc1)C1CC1. The van der Waals surface area contributed by atoms with Crippen LogP contribution in [0.3, 0.4) is 0 Å². The van der Waals surface area contributed by atoms with Crippen LogP contribution in [-0.2, 0) is 15.8 Å². The van der Waals surface area contributed by atoms with E-state index in [9.17, 15) is 9.00 Å². The summed E-state index contributed by atoms with van der Waals surface area (Å²) in [5.74, 6) is 0.450. The zero-order valence-corrected chi connectivity index (χ0v) is 21.1. The number of carbonyl (C=O) groups is 1. The molecule has 1 aromatic heterocycles. The number of fused-ring (bicyclic) bond motifs is 1. The standard InChI is InChI=1S/C13H11N3OS.C10H11NO.2C2H6/c14-18(17)10-5-3-4-9(8-10)13-11-6-1-2-7-12(11)15-16-13;12-10(8-6-7-8)11-9-4-2-1-3-5-9;2*1-2/h1-8H,14H2,(H,15,16);1-5,8H,6-7H2,(H,11,12);2*1-2H3. The maximum Gasteiger partial charge on any atom is 0.227 e. The van der Waals surface area contributed by atoms with Crippen LogP contribution in [0.1, 0.15) is 40.5 Å². The average Bonchev–Trinajstić information content (AvgIpc) is 3.67. The van der Waals surface area contributed by atoms with Crippen LogP contribution in [0.2, 0.25) is 0 Å². The van der Waals surface area contributed by atoms with Crippen molar-refractivity contribution in [1.29, 1.82) is 0 Å². The number of benzene rings is 3. The fraction of sp³-hybridized carbons (Fsp3) is 0.259. The Morgan fingerprint density at radius 3 is 2.24 bits per heavy atom. The first-order chi connectivity index (χ1) is 16.6. The van der Waals surface area contributed by atoms with Gasteiger partial charge in [0.25, 0.3) is 0 Å². The quantitative estimate of drug-likeness (QED) is 0.321. The van der Waals surface area contributed by atoms with E-state index in [1.165, 1.54) is 0 Å². The van der Waals surface area contributed by atoms with Gasteiger partial charge in [-0.2, -0.15) is 5.10 Å². The number of aromatic amines is 1. The van der Waals surface area contributed by atoms with Crippen LogP contribution in [0.15, 0.2) is 83.8 Å². The second-order valence-electron chi connectivity index (χ2n) is 7.07. The molecule has 3 aromatic carbocycles. The lowest BCUT2D eigenvalue weighted by atomic mass is 10.1. The Bertz CT molecular complexity index is 1190. The third kappa shape index (κ3) is 7.64. The van der Waals surface area contributed by atoms with E-state index >= 15 is 0 Å². The van der Waals surface area contributed by atoms with Crippen molar-refractivity contribution in [3.8, 4) is 11.3 Å². The number of rotatable bonds is 4. The van der Waals surface area contributed by atoms with Crippen molar-refractivity contribution in [1.82, 2.24) is 10.2 Å². The minimum Gasteiger partial charge on any atom is -0.326 e. The molecule has 1 unspecified atom stereocenters. The largest absolute Gasteiger partial charge is 0.326 e. The maximum absolute atomic E-state index is 11.3. The molecule has 0 spiro atoms. The summed E-state index contributed by atoms with van der Waals surface area (Å²) in [5.41, 5.74) is 3.63. The third-order valence-corrected chi connectivity index (χ3v) is 5.52. The van der Waals surface area contributed by atoms with Crippen LogP contribution in [0.25, 0.3) is 22.2 Å². The number of anilines is 1. The van der Waals surface area contributed by atoms with Gasteiger partial charge in [0.2, 0.25) is 5.91 Å². The molecule has 0 aliphatic heterocycles. The van der Waals surface area contributed by atoms with Gasteiger partial charge in [-0.05, 0) is 43.2 Å². The number of hydrogen-bond acceptors (Lipinski definition) is 3. The summed E-state index contributed by atoms with van der Waals surface area (Å²) in [4.78, 5) is 11.9. The number of nitrogens with one attached hydrogen (secondary N) is 2. The molecule has 1 aliphatic carbocycles. The van der Waals surface area contributed by atoms with Crippen LogP contribution >= 0.6 is 0 Å². The Morgan fingerprint density at radius 1 is 0.941 bits per heavy atom. The molecule has 34 heavy (non-hydrogen) atoms. The minimum atomic E-state index is -1.47. The Morgan fingerprint density at radius 2 is 1.59 bits per heavy atom. The highest BCUT2D eigenvalue weighted by molar-refractivity contribution is 7.82. The normalized spacial score (nSPS) is 12.6. The Balaban J connectivity index is 0.000000222. The van der Waals surface area contributed by atoms with E-state index in [-0.39, 0.29) is 11.8 Å². The minimum absolute atomic E-state index is 0.168. The van der Waals surface area contributed by atoms with E-state index in [2.05, 4.69) is 15.5 Å². The molecule has 0 saturated heterocycles. The highest BCUT2D eigenvalue weighted by atomic mass is 32.2. The maximum atomic E-state index is 11.3. The lowest BCUT2D eigenvalue weighted by Gasteiger charge is -2.01. The van der Waals surface area contributed by atoms with Crippen molar-refractivity contribution in [3.63, 3.8) is 0 Å². The van der Waals surface area contributed by atoms with Gasteiger partial charge in [-0.15, -0.1) is 0 Å². The number of amides is 1. The summed E-state index contributed by atoms with van der Waals surface area (Å²) in [5, 5.41) is 16.6. The zero-order chi connectivity index (χ0) is 24.9. The van der Waals surface area contributed by atoms with Crippen molar-refractivity contribution < 1.29 is 9.00 Å². The van der Waals surface area contributed by atoms with Crippen molar-refractivity contribution >= 4 is 33.5 Å². The summed E-state index contributed by atoms with van der Waals surface area (Å²) in [6.45, 7) is 8.00. The number of nitrogens with zero attached hydrogens (tertiary/aromatic N) is 1. The van der Waals surface area contributed by atoms with Crippen molar-refractivity contribution in [2.75, 3.05) is 5.32 Å². The van der Waals surface area contributed by atoms with Crippen molar-refractivity contribution in [3.05, 3.63) is 78.9 Å². The molecule has 180 valence electrons. The summed E-state index contributed by atoms with van der Waals surface area (Å²) in [6.07, 6.45) is 2.11. The van der Waals surface area contributed by atoms with Gasteiger partial charge in [-0.1, -0.05) is 76.2 Å². The second-order valence-corrected chi connectivity index (χ2v) is 8.14. The fourth-order valence-electron chi connectivity index (χ4n) is 3.06. The molecule has 4 N–H and O–H groups in total. The Kier molecular flexibility index (Phi) is 11.2. The van der Waals surface area contributed by atoms with Crippen molar-refractivity contribution in [2.45, 2.75) is 45.4 Å². The zero-order valence-electron chi connectivity index (χ0n) is 20.2. The van der Waals surface area contributed by atoms with E-state index in [1.54, 1.807) is 12.1 Å². The number of hydrogen-bond donors (Lipinski definition) is 3. The fourth-order valence-corrected chi connectivity index (χ4v) is 3.52. The van der Waals surface area contributed by atoms with Gasteiger partial charge in [0.1, 0.15) is 11.0 Å². The molecule has 1 amide bonds. The molecule has 1 aliphatic rings. The molecular formula is C27H34N4O2S. The second kappa shape index (κ2) is 14.1. The summed E-state index contributed by atoms with van der Waals surface area (Å²) in [6, 6.07) is 24.8. The van der Waals surface area contributed by atoms with E-state index < -0.39 is 11.0 Å². The molecule has 6 nitrogen and oxygen atoms in total. The molecule has 7 heteroatoms. The molecule has 1 fully saturated rings. The Labute approximate surface area is 204 Å². The molecule has 5 rings (SSSR count). The van der Waals surface area contributed by atoms with Crippen molar-refractivity contribution in [2.24, 2.45) is 11.1 Å². The molecule has 0 radical (unpaired) electrons. The predicted octanol–water partition coefficient (Wildman–Crippen LogP) is 6.30. The molecule has 1 atom stereocenters. The highest BCUT2D eigenvalue weighted by Gasteiger charge is 2.29. The number of nitrogens with two attached hydrogens (primary N) is 1. The number of H-pyrrole nitrogens is 1. The first-order valence-electron chi connectivity index (χ1n) is 11.7. The van der Waals surface area contributed by atoms with Gasteiger partial charge >= 0.3 is 0 Å². The van der Waals surface area contributed by atoms with E-state index in [0.717, 1.165) is 40.7 Å². The Hall–Kier alpha value is -3.29. The molecule has 0 bridgehead atoms. The monoisotopic (exact) mass is 478 g/mol. The van der Waals surface area contributed by atoms with Gasteiger partial charge in [-0.3, -0.25) is 9.89 Å². The van der Waals surface area contributed by atoms with Gasteiger partial charge in [0.05, 0.1) is 16.1 Å². The van der Waals surface area contributed by atoms with E-state index in [4.69, 9.17) is 5.14 Å². The van der Waals surface area contributed by atoms with Gasteiger partial charge in [0.15, 0.2) is 0 Å².